The number of hydrogen-bond acceptors (Lipinski definition) is 8. The Bertz CT molecular complexity index is 1410. The molecule has 1 saturated heterocycles. The van der Waals surface area contributed by atoms with Gasteiger partial charge >= 0.3 is 0 Å². The van der Waals surface area contributed by atoms with Crippen molar-refractivity contribution in [3.63, 3.8) is 0 Å². The van der Waals surface area contributed by atoms with Crippen molar-refractivity contribution in [2.24, 2.45) is 0 Å². The largest absolute Gasteiger partial charge is 0.493 e. The second kappa shape index (κ2) is 12.0. The van der Waals surface area contributed by atoms with E-state index in [2.05, 4.69) is 0 Å². The van der Waals surface area contributed by atoms with Crippen LogP contribution in [0, 0.1) is 0 Å². The lowest BCUT2D eigenvalue weighted by atomic mass is 10.1. The number of nitrogens with zero attached hydrogens (tertiary/aromatic N) is 2. The molecular weight excluding hydrogens is 548 g/mol. The number of hydrogen-bond donors (Lipinski definition) is 0. The van der Waals surface area contributed by atoms with Gasteiger partial charge in [-0.05, 0) is 66.2 Å². The van der Waals surface area contributed by atoms with Crippen LogP contribution in [0.4, 0.5) is 0 Å². The molecule has 0 bridgehead atoms. The first kappa shape index (κ1) is 28.4. The minimum atomic E-state index is -4.00. The van der Waals surface area contributed by atoms with Gasteiger partial charge in [-0.3, -0.25) is 0 Å². The second-order valence-corrected chi connectivity index (χ2v) is 13.7. The molecule has 4 rings (SSSR count). The molecule has 0 aliphatic carbocycles. The molecule has 2 aromatic carbocycles. The topological polar surface area (TPSA) is 102 Å². The lowest BCUT2D eigenvalue weighted by Crippen LogP contribution is -2.35. The van der Waals surface area contributed by atoms with Gasteiger partial charge in [0.25, 0.3) is 0 Å². The van der Waals surface area contributed by atoms with E-state index >= 15 is 0 Å². The Morgan fingerprint density at radius 1 is 0.816 bits per heavy atom. The molecule has 38 heavy (non-hydrogen) atoms. The van der Waals surface area contributed by atoms with Crippen LogP contribution in [0.3, 0.4) is 0 Å². The quantitative estimate of drug-likeness (QED) is 0.333. The second-order valence-electron chi connectivity index (χ2n) is 8.82. The summed E-state index contributed by atoms with van der Waals surface area (Å²) in [5, 5.41) is 1.89. The molecule has 0 amide bonds. The van der Waals surface area contributed by atoms with Crippen molar-refractivity contribution in [3.05, 3.63) is 64.4 Å². The molecule has 1 aliphatic rings. The molecule has 1 aromatic heterocycles. The summed E-state index contributed by atoms with van der Waals surface area (Å²) in [6.45, 7) is 1.13. The first-order valence-electron chi connectivity index (χ1n) is 12.1. The van der Waals surface area contributed by atoms with Gasteiger partial charge in [0.05, 0.1) is 31.1 Å². The van der Waals surface area contributed by atoms with Crippen LogP contribution in [0.1, 0.15) is 29.7 Å². The SMILES string of the molecule is COc1cc(CN(Cc2cccs2)S(=O)(=O)c2ccc(S(=O)(=O)N3CCCCC3)cc2)cc(OC)c1OC. The maximum atomic E-state index is 13.8. The molecule has 3 aromatic rings. The summed E-state index contributed by atoms with van der Waals surface area (Å²) in [5.74, 6) is 1.25. The van der Waals surface area contributed by atoms with Gasteiger partial charge < -0.3 is 14.2 Å². The summed E-state index contributed by atoms with van der Waals surface area (Å²) in [5.41, 5.74) is 0.643. The van der Waals surface area contributed by atoms with Crippen molar-refractivity contribution in [2.75, 3.05) is 34.4 Å². The third kappa shape index (κ3) is 5.99. The Morgan fingerprint density at radius 3 is 1.95 bits per heavy atom. The third-order valence-corrected chi connectivity index (χ3v) is 11.0. The molecule has 0 saturated carbocycles. The van der Waals surface area contributed by atoms with E-state index < -0.39 is 20.0 Å². The summed E-state index contributed by atoms with van der Waals surface area (Å²) in [7, 11) is -3.16. The standard InChI is InChI=1S/C26H32N2O7S3/c1-33-24-16-20(17-25(34-2)26(24)35-3)18-28(19-21-8-7-15-36-21)38(31,32)23-11-9-22(10-12-23)37(29,30)27-13-5-4-6-14-27/h7-12,15-17H,4-6,13-14,18-19H2,1-3H3. The molecule has 206 valence electrons. The van der Waals surface area contributed by atoms with Gasteiger partial charge in [-0.15, -0.1) is 11.3 Å². The Hall–Kier alpha value is -2.64. The zero-order valence-corrected chi connectivity index (χ0v) is 24.1. The predicted octanol–water partition coefficient (Wildman–Crippen LogP) is 4.34. The number of piperidine rings is 1. The van der Waals surface area contributed by atoms with Crippen LogP contribution in [-0.4, -0.2) is 59.9 Å². The zero-order valence-electron chi connectivity index (χ0n) is 21.6. The molecule has 0 unspecified atom stereocenters. The number of thiophene rings is 1. The zero-order chi connectivity index (χ0) is 27.3. The normalized spacial score (nSPS) is 14.9. The third-order valence-electron chi connectivity index (χ3n) is 6.41. The molecule has 1 fully saturated rings. The summed E-state index contributed by atoms with van der Waals surface area (Å²) in [6.07, 6.45) is 2.66. The molecule has 12 heteroatoms. The molecule has 0 spiro atoms. The van der Waals surface area contributed by atoms with E-state index in [1.54, 1.807) is 12.1 Å². The van der Waals surface area contributed by atoms with E-state index in [0.717, 1.165) is 24.1 Å². The van der Waals surface area contributed by atoms with E-state index in [1.165, 1.54) is 65.5 Å². The first-order valence-corrected chi connectivity index (χ1v) is 15.9. The van der Waals surface area contributed by atoms with Crippen LogP contribution in [0.15, 0.2) is 63.7 Å². The maximum Gasteiger partial charge on any atom is 0.243 e. The van der Waals surface area contributed by atoms with Gasteiger partial charge in [0, 0.05) is 31.1 Å². The monoisotopic (exact) mass is 580 g/mol. The van der Waals surface area contributed by atoms with Gasteiger partial charge in [-0.25, -0.2) is 16.8 Å². The molecule has 0 atom stereocenters. The van der Waals surface area contributed by atoms with Gasteiger partial charge in [-0.2, -0.15) is 8.61 Å². The van der Waals surface area contributed by atoms with Crippen LogP contribution in [0.5, 0.6) is 17.2 Å². The van der Waals surface area contributed by atoms with Crippen LogP contribution < -0.4 is 14.2 Å². The van der Waals surface area contributed by atoms with E-state index in [4.69, 9.17) is 14.2 Å². The Labute approximate surface area is 228 Å². The molecular formula is C26H32N2O7S3. The van der Waals surface area contributed by atoms with Crippen molar-refractivity contribution >= 4 is 31.4 Å². The fourth-order valence-electron chi connectivity index (χ4n) is 4.42. The highest BCUT2D eigenvalue weighted by Gasteiger charge is 2.29. The summed E-state index contributed by atoms with van der Waals surface area (Å²) >= 11 is 1.46. The fourth-order valence-corrected chi connectivity index (χ4v) is 8.14. The lowest BCUT2D eigenvalue weighted by molar-refractivity contribution is 0.322. The highest BCUT2D eigenvalue weighted by molar-refractivity contribution is 7.89. The van der Waals surface area contributed by atoms with Crippen LogP contribution in [0.25, 0.3) is 0 Å². The summed E-state index contributed by atoms with van der Waals surface area (Å²) < 4.78 is 72.9. The number of benzene rings is 2. The summed E-state index contributed by atoms with van der Waals surface area (Å²) in [4.78, 5) is 0.970. The summed E-state index contributed by atoms with van der Waals surface area (Å²) in [6, 6.07) is 12.6. The highest BCUT2D eigenvalue weighted by Crippen LogP contribution is 2.39. The average molecular weight is 581 g/mol. The highest BCUT2D eigenvalue weighted by atomic mass is 32.2. The molecule has 0 N–H and O–H groups in total. The predicted molar refractivity (Wildman–Crippen MR) is 146 cm³/mol. The smallest absolute Gasteiger partial charge is 0.243 e. The molecule has 0 radical (unpaired) electrons. The first-order chi connectivity index (χ1) is 18.2. The minimum absolute atomic E-state index is 0.0130. The number of rotatable bonds is 11. The van der Waals surface area contributed by atoms with Crippen molar-refractivity contribution in [2.45, 2.75) is 42.1 Å². The van der Waals surface area contributed by atoms with Crippen molar-refractivity contribution in [1.82, 2.24) is 8.61 Å². The Kier molecular flexibility index (Phi) is 8.99. The van der Waals surface area contributed by atoms with Crippen molar-refractivity contribution in [1.29, 1.82) is 0 Å². The van der Waals surface area contributed by atoms with Gasteiger partial charge in [-0.1, -0.05) is 12.5 Å². The average Bonchev–Trinajstić information content (AvgIpc) is 3.46. The fraction of sp³-hybridized carbons (Fsp3) is 0.385. The van der Waals surface area contributed by atoms with E-state index in [9.17, 15) is 16.8 Å². The van der Waals surface area contributed by atoms with Gasteiger partial charge in [0.2, 0.25) is 25.8 Å². The van der Waals surface area contributed by atoms with E-state index in [0.29, 0.717) is 35.9 Å². The molecule has 9 nitrogen and oxygen atoms in total. The lowest BCUT2D eigenvalue weighted by Gasteiger charge is -2.26. The minimum Gasteiger partial charge on any atom is -0.493 e. The van der Waals surface area contributed by atoms with Gasteiger partial charge in [0.1, 0.15) is 0 Å². The van der Waals surface area contributed by atoms with Crippen molar-refractivity contribution < 1.29 is 31.0 Å². The number of methoxy groups -OCH3 is 3. The number of ether oxygens (including phenoxy) is 3. The molecule has 2 heterocycles. The van der Waals surface area contributed by atoms with Crippen LogP contribution in [0.2, 0.25) is 0 Å². The van der Waals surface area contributed by atoms with Crippen molar-refractivity contribution in [3.8, 4) is 17.2 Å². The maximum absolute atomic E-state index is 13.8. The van der Waals surface area contributed by atoms with Crippen LogP contribution >= 0.6 is 11.3 Å². The Morgan fingerprint density at radius 2 is 1.42 bits per heavy atom. The number of sulfonamides is 2. The van der Waals surface area contributed by atoms with Gasteiger partial charge in [0.15, 0.2) is 11.5 Å². The van der Waals surface area contributed by atoms with Crippen LogP contribution in [-0.2, 0) is 33.1 Å². The van der Waals surface area contributed by atoms with E-state index in [-0.39, 0.29) is 22.9 Å². The Balaban J connectivity index is 1.67. The molecule has 1 aliphatic heterocycles. The van der Waals surface area contributed by atoms with E-state index in [1.807, 2.05) is 17.5 Å².